The van der Waals surface area contributed by atoms with Crippen molar-refractivity contribution in [3.8, 4) is 11.5 Å². The van der Waals surface area contributed by atoms with Crippen molar-refractivity contribution in [2.75, 3.05) is 19.8 Å². The first-order valence-corrected chi connectivity index (χ1v) is 7.34. The Bertz CT molecular complexity index is 416. The monoisotopic (exact) mass is 330 g/mol. The highest BCUT2D eigenvalue weighted by Gasteiger charge is 2.20. The summed E-state index contributed by atoms with van der Waals surface area (Å²) in [5, 5.41) is 9.23. The first-order chi connectivity index (χ1) is 9.24. The predicted octanol–water partition coefficient (Wildman–Crippen LogP) is 2.90. The minimum Gasteiger partial charge on any atom is -0.490 e. The van der Waals surface area contributed by atoms with Gasteiger partial charge in [-0.2, -0.15) is 0 Å². The van der Waals surface area contributed by atoms with Crippen LogP contribution in [0.3, 0.4) is 0 Å². The number of hydrogen-bond donors (Lipinski definition) is 1. The van der Waals surface area contributed by atoms with Gasteiger partial charge in [0.25, 0.3) is 0 Å². The first-order valence-electron chi connectivity index (χ1n) is 6.55. The second kappa shape index (κ2) is 7.12. The Labute approximate surface area is 121 Å². The highest BCUT2D eigenvalue weighted by atomic mass is 79.9. The van der Waals surface area contributed by atoms with Gasteiger partial charge in [0, 0.05) is 12.8 Å². The standard InChI is InChI=1S/C14H19BrO4/c1-2-18-13-8-10(9-16)7-12(15)14(13)19-11-3-5-17-6-4-11/h7-8,11,16H,2-6,9H2,1H3. The van der Waals surface area contributed by atoms with Gasteiger partial charge in [0.15, 0.2) is 11.5 Å². The van der Waals surface area contributed by atoms with Crippen LogP contribution in [-0.4, -0.2) is 31.0 Å². The summed E-state index contributed by atoms with van der Waals surface area (Å²) in [6.07, 6.45) is 1.93. The van der Waals surface area contributed by atoms with Crippen LogP contribution in [0, 0.1) is 0 Å². The van der Waals surface area contributed by atoms with Crippen molar-refractivity contribution in [3.63, 3.8) is 0 Å². The molecule has 0 aromatic heterocycles. The zero-order valence-corrected chi connectivity index (χ0v) is 12.6. The maximum Gasteiger partial charge on any atom is 0.175 e. The third-order valence-corrected chi connectivity index (χ3v) is 3.59. The van der Waals surface area contributed by atoms with Crippen LogP contribution in [0.5, 0.6) is 11.5 Å². The number of halogens is 1. The van der Waals surface area contributed by atoms with Gasteiger partial charge in [0.1, 0.15) is 6.10 Å². The minimum absolute atomic E-state index is 0.0176. The molecule has 1 aromatic rings. The van der Waals surface area contributed by atoms with Crippen LogP contribution in [0.25, 0.3) is 0 Å². The molecule has 0 bridgehead atoms. The molecule has 1 heterocycles. The lowest BCUT2D eigenvalue weighted by Gasteiger charge is -2.25. The number of hydrogen-bond acceptors (Lipinski definition) is 4. The highest BCUT2D eigenvalue weighted by molar-refractivity contribution is 9.10. The molecule has 1 N–H and O–H groups in total. The topological polar surface area (TPSA) is 47.9 Å². The molecule has 0 atom stereocenters. The van der Waals surface area contributed by atoms with E-state index in [0.29, 0.717) is 18.1 Å². The lowest BCUT2D eigenvalue weighted by Crippen LogP contribution is -2.26. The summed E-state index contributed by atoms with van der Waals surface area (Å²) in [6.45, 7) is 3.95. The van der Waals surface area contributed by atoms with E-state index in [4.69, 9.17) is 14.2 Å². The molecule has 2 rings (SSSR count). The molecule has 1 aromatic carbocycles. The summed E-state index contributed by atoms with van der Waals surface area (Å²) in [5.74, 6) is 1.39. The van der Waals surface area contributed by atoms with Crippen molar-refractivity contribution in [3.05, 3.63) is 22.2 Å². The van der Waals surface area contributed by atoms with E-state index in [1.165, 1.54) is 0 Å². The van der Waals surface area contributed by atoms with Crippen LogP contribution in [0.15, 0.2) is 16.6 Å². The lowest BCUT2D eigenvalue weighted by molar-refractivity contribution is 0.0240. The molecule has 0 aliphatic carbocycles. The van der Waals surface area contributed by atoms with Gasteiger partial charge in [-0.25, -0.2) is 0 Å². The third-order valence-electron chi connectivity index (χ3n) is 3.00. The molecule has 0 unspecified atom stereocenters. The van der Waals surface area contributed by atoms with E-state index < -0.39 is 0 Å². The van der Waals surface area contributed by atoms with E-state index in [0.717, 1.165) is 36.1 Å². The molecule has 0 spiro atoms. The molecule has 1 aliphatic rings. The Hall–Kier alpha value is -0.780. The Morgan fingerprint density at radius 2 is 2.11 bits per heavy atom. The van der Waals surface area contributed by atoms with Crippen LogP contribution in [-0.2, 0) is 11.3 Å². The lowest BCUT2D eigenvalue weighted by atomic mass is 10.1. The molecular weight excluding hydrogens is 312 g/mol. The van der Waals surface area contributed by atoms with E-state index in [9.17, 15) is 5.11 Å². The average molecular weight is 331 g/mol. The van der Waals surface area contributed by atoms with Crippen LogP contribution in [0.2, 0.25) is 0 Å². The van der Waals surface area contributed by atoms with Crippen molar-refractivity contribution in [1.82, 2.24) is 0 Å². The quantitative estimate of drug-likeness (QED) is 0.901. The van der Waals surface area contributed by atoms with Gasteiger partial charge in [-0.15, -0.1) is 0 Å². The average Bonchev–Trinajstić information content (AvgIpc) is 2.43. The Morgan fingerprint density at radius 3 is 2.74 bits per heavy atom. The number of rotatable bonds is 5. The molecule has 106 valence electrons. The maximum absolute atomic E-state index is 9.23. The van der Waals surface area contributed by atoms with Gasteiger partial charge in [-0.1, -0.05) is 0 Å². The molecule has 1 fully saturated rings. The van der Waals surface area contributed by atoms with Gasteiger partial charge in [-0.3, -0.25) is 0 Å². The summed E-state index contributed by atoms with van der Waals surface area (Å²) >= 11 is 3.49. The van der Waals surface area contributed by atoms with E-state index in [2.05, 4.69) is 15.9 Å². The van der Waals surface area contributed by atoms with Crippen LogP contribution < -0.4 is 9.47 Å². The van der Waals surface area contributed by atoms with E-state index in [1.54, 1.807) is 0 Å². The van der Waals surface area contributed by atoms with Gasteiger partial charge in [-0.05, 0) is 40.5 Å². The summed E-state index contributed by atoms with van der Waals surface area (Å²) in [6, 6.07) is 3.68. The van der Waals surface area contributed by atoms with Gasteiger partial charge < -0.3 is 19.3 Å². The third kappa shape index (κ3) is 3.84. The van der Waals surface area contributed by atoms with E-state index in [1.807, 2.05) is 19.1 Å². The smallest absolute Gasteiger partial charge is 0.175 e. The van der Waals surface area contributed by atoms with E-state index >= 15 is 0 Å². The summed E-state index contributed by atoms with van der Waals surface area (Å²) in [4.78, 5) is 0. The largest absolute Gasteiger partial charge is 0.490 e. The zero-order valence-electron chi connectivity index (χ0n) is 11.0. The van der Waals surface area contributed by atoms with Crippen molar-refractivity contribution in [2.24, 2.45) is 0 Å². The second-order valence-electron chi connectivity index (χ2n) is 4.43. The molecule has 0 saturated carbocycles. The highest BCUT2D eigenvalue weighted by Crippen LogP contribution is 2.38. The fourth-order valence-electron chi connectivity index (χ4n) is 2.05. The Kier molecular flexibility index (Phi) is 5.48. The second-order valence-corrected chi connectivity index (χ2v) is 5.28. The van der Waals surface area contributed by atoms with Crippen molar-refractivity contribution in [2.45, 2.75) is 32.5 Å². The predicted molar refractivity (Wildman–Crippen MR) is 75.7 cm³/mol. The van der Waals surface area contributed by atoms with Crippen LogP contribution >= 0.6 is 15.9 Å². The van der Waals surface area contributed by atoms with Gasteiger partial charge in [0.2, 0.25) is 0 Å². The molecule has 0 radical (unpaired) electrons. The normalized spacial score (nSPS) is 16.4. The Morgan fingerprint density at radius 1 is 1.37 bits per heavy atom. The van der Waals surface area contributed by atoms with Gasteiger partial charge in [0.05, 0.1) is 30.9 Å². The minimum atomic E-state index is -0.0176. The van der Waals surface area contributed by atoms with Crippen LogP contribution in [0.4, 0.5) is 0 Å². The fraction of sp³-hybridized carbons (Fsp3) is 0.571. The Balaban J connectivity index is 2.20. The van der Waals surface area contributed by atoms with Crippen molar-refractivity contribution in [1.29, 1.82) is 0 Å². The number of ether oxygens (including phenoxy) is 3. The number of benzene rings is 1. The fourth-order valence-corrected chi connectivity index (χ4v) is 2.63. The molecular formula is C14H19BrO4. The molecule has 19 heavy (non-hydrogen) atoms. The summed E-state index contributed by atoms with van der Waals surface area (Å²) in [7, 11) is 0. The maximum atomic E-state index is 9.23. The SMILES string of the molecule is CCOc1cc(CO)cc(Br)c1OC1CCOCC1. The zero-order chi connectivity index (χ0) is 13.7. The number of aliphatic hydroxyl groups excluding tert-OH is 1. The van der Waals surface area contributed by atoms with Crippen molar-refractivity contribution < 1.29 is 19.3 Å². The van der Waals surface area contributed by atoms with E-state index in [-0.39, 0.29) is 12.7 Å². The number of aliphatic hydroxyl groups is 1. The molecule has 5 heteroatoms. The summed E-state index contributed by atoms with van der Waals surface area (Å²) in [5.41, 5.74) is 0.801. The molecule has 4 nitrogen and oxygen atoms in total. The molecule has 1 saturated heterocycles. The van der Waals surface area contributed by atoms with Crippen LogP contribution in [0.1, 0.15) is 25.3 Å². The van der Waals surface area contributed by atoms with Gasteiger partial charge >= 0.3 is 0 Å². The van der Waals surface area contributed by atoms with Crippen molar-refractivity contribution >= 4 is 15.9 Å². The molecule has 1 aliphatic heterocycles. The summed E-state index contributed by atoms with van der Waals surface area (Å²) < 4.78 is 17.8. The first kappa shape index (κ1) is 14.6. The molecule has 0 amide bonds.